The number of fused-ring (bicyclic) bond motifs is 1. The number of rotatable bonds is 5. The maximum Gasteiger partial charge on any atom is 0.416 e. The number of imidazole rings is 1. The van der Waals surface area contributed by atoms with E-state index in [-0.39, 0.29) is 29.6 Å². The summed E-state index contributed by atoms with van der Waals surface area (Å²) in [5.41, 5.74) is -1.12. The molecule has 1 aliphatic rings. The van der Waals surface area contributed by atoms with Crippen molar-refractivity contribution >= 4 is 17.1 Å². The Balaban J connectivity index is 1.45. The molecule has 0 bridgehead atoms. The number of nitrogens with zero attached hydrogens (tertiary/aromatic N) is 6. The van der Waals surface area contributed by atoms with E-state index in [9.17, 15) is 31.5 Å². The second-order valence-electron chi connectivity index (χ2n) is 10.9. The SMILES string of the molecule is CC(C)(C)OC(=O)N1CCC(n2c(=O)n(Cc3ccc(-c4nnc(C(F)F)o4)cn3)c3cc(C(F)(F)F)ccc32)CC1. The van der Waals surface area contributed by atoms with Crippen LogP contribution in [0.25, 0.3) is 22.5 Å². The minimum Gasteiger partial charge on any atom is -0.444 e. The van der Waals surface area contributed by atoms with Crippen LogP contribution in [0.15, 0.2) is 45.7 Å². The van der Waals surface area contributed by atoms with Gasteiger partial charge in [0.2, 0.25) is 5.89 Å². The lowest BCUT2D eigenvalue weighted by Gasteiger charge is -2.33. The van der Waals surface area contributed by atoms with E-state index in [0.717, 1.165) is 12.1 Å². The van der Waals surface area contributed by atoms with Gasteiger partial charge in [0.25, 0.3) is 5.89 Å². The molecule has 0 spiro atoms. The molecule has 0 saturated carbocycles. The number of likely N-dealkylation sites (tertiary alicyclic amines) is 1. The Morgan fingerprint density at radius 1 is 1.07 bits per heavy atom. The number of halogens is 5. The third kappa shape index (κ3) is 5.99. The summed E-state index contributed by atoms with van der Waals surface area (Å²) in [6, 6.07) is 5.75. The maximum atomic E-state index is 13.7. The highest BCUT2D eigenvalue weighted by Crippen LogP contribution is 2.33. The number of amides is 1. The molecule has 1 aliphatic heterocycles. The van der Waals surface area contributed by atoms with Crippen LogP contribution >= 0.6 is 0 Å². The number of carbonyl (C=O) groups excluding carboxylic acids is 1. The number of alkyl halides is 5. The normalized spacial score (nSPS) is 15.1. The van der Waals surface area contributed by atoms with Crippen LogP contribution < -0.4 is 5.69 Å². The van der Waals surface area contributed by atoms with Gasteiger partial charge < -0.3 is 14.1 Å². The number of ether oxygens (including phenoxy) is 1. The highest BCUT2D eigenvalue weighted by molar-refractivity contribution is 5.77. The smallest absolute Gasteiger partial charge is 0.416 e. The summed E-state index contributed by atoms with van der Waals surface area (Å²) < 4.78 is 79.4. The predicted molar refractivity (Wildman–Crippen MR) is 139 cm³/mol. The molecule has 1 aromatic carbocycles. The van der Waals surface area contributed by atoms with Gasteiger partial charge in [0, 0.05) is 25.3 Å². The molecule has 0 atom stereocenters. The first-order valence-electron chi connectivity index (χ1n) is 13.1. The molecular formula is C27H27F5N6O4. The molecular weight excluding hydrogens is 567 g/mol. The van der Waals surface area contributed by atoms with E-state index in [1.54, 1.807) is 25.7 Å². The average molecular weight is 595 g/mol. The van der Waals surface area contributed by atoms with Crippen LogP contribution in [0.2, 0.25) is 0 Å². The first-order chi connectivity index (χ1) is 19.7. The number of hydrogen-bond donors (Lipinski definition) is 0. The Hall–Kier alpha value is -4.30. The summed E-state index contributed by atoms with van der Waals surface area (Å²) >= 11 is 0. The van der Waals surface area contributed by atoms with Crippen molar-refractivity contribution in [3.63, 3.8) is 0 Å². The van der Waals surface area contributed by atoms with Crippen molar-refractivity contribution in [1.29, 1.82) is 0 Å². The van der Waals surface area contributed by atoms with Gasteiger partial charge in [-0.3, -0.25) is 14.1 Å². The van der Waals surface area contributed by atoms with Crippen molar-refractivity contribution in [2.75, 3.05) is 13.1 Å². The van der Waals surface area contributed by atoms with Crippen LogP contribution in [0.1, 0.15) is 63.2 Å². The number of carbonyl (C=O) groups is 1. The molecule has 3 aromatic heterocycles. The Bertz CT molecular complexity index is 1640. The van der Waals surface area contributed by atoms with E-state index in [1.807, 2.05) is 0 Å². The summed E-state index contributed by atoms with van der Waals surface area (Å²) in [6.07, 6.45) is -5.94. The number of pyridine rings is 1. The van der Waals surface area contributed by atoms with Crippen LogP contribution in [0.4, 0.5) is 26.7 Å². The van der Waals surface area contributed by atoms with E-state index in [4.69, 9.17) is 9.15 Å². The zero-order valence-electron chi connectivity index (χ0n) is 22.9. The van der Waals surface area contributed by atoms with Crippen molar-refractivity contribution in [3.05, 3.63) is 64.2 Å². The van der Waals surface area contributed by atoms with Crippen LogP contribution in [0, 0.1) is 0 Å². The number of benzene rings is 1. The summed E-state index contributed by atoms with van der Waals surface area (Å²) in [6.45, 7) is 5.75. The van der Waals surface area contributed by atoms with Crippen LogP contribution in [0.3, 0.4) is 0 Å². The lowest BCUT2D eigenvalue weighted by Crippen LogP contribution is -2.43. The molecule has 1 saturated heterocycles. The molecule has 15 heteroatoms. The lowest BCUT2D eigenvalue weighted by atomic mass is 10.0. The molecule has 1 amide bonds. The molecule has 10 nitrogen and oxygen atoms in total. The minimum atomic E-state index is -4.63. The maximum absolute atomic E-state index is 13.7. The molecule has 0 unspecified atom stereocenters. The van der Waals surface area contributed by atoms with Crippen molar-refractivity contribution in [3.8, 4) is 11.5 Å². The van der Waals surface area contributed by atoms with Crippen molar-refractivity contribution in [1.82, 2.24) is 29.2 Å². The molecule has 0 radical (unpaired) electrons. The van der Waals surface area contributed by atoms with Crippen molar-refractivity contribution in [2.45, 2.75) is 64.4 Å². The number of piperidine rings is 1. The minimum absolute atomic E-state index is 0.0775. The third-order valence-electron chi connectivity index (χ3n) is 6.79. The Morgan fingerprint density at radius 3 is 2.36 bits per heavy atom. The predicted octanol–water partition coefficient (Wildman–Crippen LogP) is 5.82. The molecule has 4 heterocycles. The molecule has 5 rings (SSSR count). The van der Waals surface area contributed by atoms with Crippen molar-refractivity contribution < 1.29 is 35.9 Å². The summed E-state index contributed by atoms with van der Waals surface area (Å²) in [7, 11) is 0. The van der Waals surface area contributed by atoms with Gasteiger partial charge in [-0.25, -0.2) is 9.59 Å². The van der Waals surface area contributed by atoms with E-state index >= 15 is 0 Å². The van der Waals surface area contributed by atoms with Gasteiger partial charge in [0.1, 0.15) is 5.60 Å². The topological polar surface area (TPSA) is 108 Å². The fraction of sp³-hybridized carbons (Fsp3) is 0.444. The Morgan fingerprint density at radius 2 is 1.79 bits per heavy atom. The fourth-order valence-corrected chi connectivity index (χ4v) is 4.84. The highest BCUT2D eigenvalue weighted by atomic mass is 19.4. The molecule has 1 fully saturated rings. The second-order valence-corrected chi connectivity index (χ2v) is 10.9. The molecule has 4 aromatic rings. The Kier molecular flexibility index (Phi) is 7.53. The molecule has 224 valence electrons. The molecule has 42 heavy (non-hydrogen) atoms. The summed E-state index contributed by atoms with van der Waals surface area (Å²) in [4.78, 5) is 32.0. The number of aromatic nitrogens is 5. The zero-order valence-corrected chi connectivity index (χ0v) is 22.9. The molecule has 0 aliphatic carbocycles. The fourth-order valence-electron chi connectivity index (χ4n) is 4.84. The van der Waals surface area contributed by atoms with Gasteiger partial charge in [0.15, 0.2) is 0 Å². The van der Waals surface area contributed by atoms with Gasteiger partial charge in [-0.2, -0.15) is 22.0 Å². The van der Waals surface area contributed by atoms with Gasteiger partial charge in [-0.05, 0) is 63.9 Å². The van der Waals surface area contributed by atoms with E-state index in [2.05, 4.69) is 15.2 Å². The largest absolute Gasteiger partial charge is 0.444 e. The van der Waals surface area contributed by atoms with Crippen LogP contribution in [0.5, 0.6) is 0 Å². The first kappa shape index (κ1) is 29.2. The van der Waals surface area contributed by atoms with E-state index < -0.39 is 41.4 Å². The number of hydrogen-bond acceptors (Lipinski definition) is 7. The monoisotopic (exact) mass is 594 g/mol. The highest BCUT2D eigenvalue weighted by Gasteiger charge is 2.33. The first-order valence-corrected chi connectivity index (χ1v) is 13.1. The molecule has 0 N–H and O–H groups in total. The summed E-state index contributed by atoms with van der Waals surface area (Å²) in [5.74, 6) is -1.02. The summed E-state index contributed by atoms with van der Waals surface area (Å²) in [5, 5.41) is 6.83. The average Bonchev–Trinajstić information content (AvgIpc) is 3.51. The quantitative estimate of drug-likeness (QED) is 0.268. The van der Waals surface area contributed by atoms with E-state index in [0.29, 0.717) is 37.1 Å². The Labute approximate surface area is 235 Å². The van der Waals surface area contributed by atoms with Crippen LogP contribution in [-0.2, 0) is 17.5 Å². The lowest BCUT2D eigenvalue weighted by molar-refractivity contribution is -0.137. The van der Waals surface area contributed by atoms with Gasteiger partial charge >= 0.3 is 24.4 Å². The van der Waals surface area contributed by atoms with Crippen molar-refractivity contribution in [2.24, 2.45) is 0 Å². The van der Waals surface area contributed by atoms with Gasteiger partial charge in [-0.15, -0.1) is 10.2 Å². The zero-order chi connectivity index (χ0) is 30.4. The second kappa shape index (κ2) is 10.8. The standard InChI is InChI=1S/C27H27F5N6O4/c1-26(2,3)42-25(40)36-10-8-18(9-11-36)38-19-7-5-16(27(30,31)32)12-20(19)37(24(38)39)14-17-6-4-15(13-33-17)22-34-35-23(41-22)21(28)29/h4-7,12-13,18,21H,8-11,14H2,1-3H3. The van der Waals surface area contributed by atoms with E-state index in [1.165, 1.54) is 33.5 Å². The van der Waals surface area contributed by atoms with Gasteiger partial charge in [0.05, 0.1) is 34.4 Å². The third-order valence-corrected chi connectivity index (χ3v) is 6.79. The van der Waals surface area contributed by atoms with Gasteiger partial charge in [-0.1, -0.05) is 0 Å². The van der Waals surface area contributed by atoms with Crippen LogP contribution in [-0.4, -0.2) is 54.0 Å².